The summed E-state index contributed by atoms with van der Waals surface area (Å²) in [4.78, 5) is 0. The van der Waals surface area contributed by atoms with Crippen LogP contribution in [0.5, 0.6) is 23.0 Å². The Morgan fingerprint density at radius 2 is 1.32 bits per heavy atom. The molecule has 10 heteroatoms. The summed E-state index contributed by atoms with van der Waals surface area (Å²) in [7, 11) is -1.43. The van der Waals surface area contributed by atoms with Crippen LogP contribution in [0.2, 0.25) is 0 Å². The quantitative estimate of drug-likeness (QED) is 0.189. The predicted molar refractivity (Wildman–Crippen MR) is 122 cm³/mol. The van der Waals surface area contributed by atoms with Crippen molar-refractivity contribution in [2.24, 2.45) is 0 Å². The molecule has 0 aliphatic carbocycles. The molecule has 0 unspecified atom stereocenters. The molecule has 4 rings (SSSR count). The molecule has 0 saturated carbocycles. The molecular weight excluding hydrogens is 473 g/mol. The van der Waals surface area contributed by atoms with Gasteiger partial charge in [-0.15, -0.1) is 0 Å². The number of hydrogen-bond acceptors (Lipinski definition) is 6. The summed E-state index contributed by atoms with van der Waals surface area (Å²) < 4.78 is 83.0. The van der Waals surface area contributed by atoms with E-state index < -0.39 is 21.4 Å². The Balaban J connectivity index is 1.99. The minimum absolute atomic E-state index is 0.123. The van der Waals surface area contributed by atoms with Crippen molar-refractivity contribution in [3.63, 3.8) is 0 Å². The topological polar surface area (TPSA) is 71.1 Å². The van der Waals surface area contributed by atoms with Gasteiger partial charge in [-0.3, -0.25) is 0 Å². The number of methoxy groups -OCH3 is 3. The summed E-state index contributed by atoms with van der Waals surface area (Å²) in [5, 5.41) is 3.01. The molecule has 4 aromatic carbocycles. The van der Waals surface area contributed by atoms with E-state index in [9.17, 15) is 21.6 Å². The maximum Gasteiger partial charge on any atom is 0.534 e. The molecule has 0 radical (unpaired) electrons. The SMILES string of the molecule is COc1ccc(OS(=O)(=O)C(F)(F)F)c(-c2cccc3c2ccc2c(OC)c(OC)ccc23)c1. The summed E-state index contributed by atoms with van der Waals surface area (Å²) in [6.07, 6.45) is 0. The van der Waals surface area contributed by atoms with E-state index in [2.05, 4.69) is 4.18 Å². The number of alkyl halides is 3. The van der Waals surface area contributed by atoms with Crippen molar-refractivity contribution >= 4 is 31.7 Å². The molecule has 0 heterocycles. The standard InChI is InChI=1S/C24H19F3O6S/c1-30-14-7-11-21(33-34(28,29)24(25,26)27)20(13-14)16-6-4-5-15-17(16)8-9-19-18(15)10-12-22(31-2)23(19)32-3/h4-13H,1-3H3. The lowest BCUT2D eigenvalue weighted by Gasteiger charge is -2.17. The lowest BCUT2D eigenvalue weighted by Crippen LogP contribution is -2.28. The molecule has 0 N–H and O–H groups in total. The summed E-state index contributed by atoms with van der Waals surface area (Å²) in [5.74, 6) is 0.925. The van der Waals surface area contributed by atoms with Crippen molar-refractivity contribution < 1.29 is 40.0 Å². The predicted octanol–water partition coefficient (Wildman–Crippen LogP) is 5.91. The first kappa shape index (κ1) is 23.5. The molecule has 0 spiro atoms. The van der Waals surface area contributed by atoms with Gasteiger partial charge >= 0.3 is 15.6 Å². The van der Waals surface area contributed by atoms with Gasteiger partial charge in [0.2, 0.25) is 0 Å². The lowest BCUT2D eigenvalue weighted by atomic mass is 9.94. The van der Waals surface area contributed by atoms with Crippen molar-refractivity contribution in [3.05, 3.63) is 60.7 Å². The molecule has 0 atom stereocenters. The van der Waals surface area contributed by atoms with Gasteiger partial charge in [-0.2, -0.15) is 21.6 Å². The normalized spacial score (nSPS) is 12.1. The van der Waals surface area contributed by atoms with E-state index in [4.69, 9.17) is 14.2 Å². The van der Waals surface area contributed by atoms with Gasteiger partial charge in [-0.1, -0.05) is 24.3 Å². The van der Waals surface area contributed by atoms with Crippen LogP contribution in [-0.2, 0) is 10.1 Å². The smallest absolute Gasteiger partial charge is 0.497 e. The highest BCUT2D eigenvalue weighted by molar-refractivity contribution is 7.88. The summed E-state index contributed by atoms with van der Waals surface area (Å²) in [6.45, 7) is 0. The highest BCUT2D eigenvalue weighted by Gasteiger charge is 2.48. The summed E-state index contributed by atoms with van der Waals surface area (Å²) in [6, 6.07) is 16.3. The van der Waals surface area contributed by atoms with E-state index in [0.29, 0.717) is 28.2 Å². The van der Waals surface area contributed by atoms with Gasteiger partial charge < -0.3 is 18.4 Å². The molecule has 0 amide bonds. The number of hydrogen-bond donors (Lipinski definition) is 0. The average Bonchev–Trinajstić information content (AvgIpc) is 2.81. The molecule has 6 nitrogen and oxygen atoms in total. The fourth-order valence-electron chi connectivity index (χ4n) is 3.82. The van der Waals surface area contributed by atoms with Crippen LogP contribution in [0.25, 0.3) is 32.7 Å². The minimum atomic E-state index is -5.88. The van der Waals surface area contributed by atoms with Crippen LogP contribution in [0.3, 0.4) is 0 Å². The fourth-order valence-corrected chi connectivity index (χ4v) is 4.29. The van der Waals surface area contributed by atoms with E-state index in [0.717, 1.165) is 22.2 Å². The Kier molecular flexibility index (Phi) is 5.94. The van der Waals surface area contributed by atoms with Crippen LogP contribution in [0.4, 0.5) is 13.2 Å². The van der Waals surface area contributed by atoms with Crippen LogP contribution in [0, 0.1) is 0 Å². The third kappa shape index (κ3) is 3.94. The monoisotopic (exact) mass is 492 g/mol. The zero-order valence-electron chi connectivity index (χ0n) is 18.3. The lowest BCUT2D eigenvalue weighted by molar-refractivity contribution is -0.0499. The van der Waals surface area contributed by atoms with E-state index in [1.165, 1.54) is 33.5 Å². The first-order valence-electron chi connectivity index (χ1n) is 9.87. The average molecular weight is 492 g/mol. The van der Waals surface area contributed by atoms with E-state index in [1.807, 2.05) is 12.1 Å². The van der Waals surface area contributed by atoms with Crippen LogP contribution in [0.15, 0.2) is 60.7 Å². The van der Waals surface area contributed by atoms with E-state index in [-0.39, 0.29) is 5.56 Å². The number of fused-ring (bicyclic) bond motifs is 3. The highest BCUT2D eigenvalue weighted by Crippen LogP contribution is 2.43. The molecule has 0 aliphatic rings. The Labute approximate surface area is 193 Å². The molecule has 34 heavy (non-hydrogen) atoms. The van der Waals surface area contributed by atoms with Crippen LogP contribution in [-0.4, -0.2) is 35.3 Å². The molecule has 0 aliphatic heterocycles. The Morgan fingerprint density at radius 1 is 0.676 bits per heavy atom. The molecule has 178 valence electrons. The van der Waals surface area contributed by atoms with Gasteiger partial charge in [0.15, 0.2) is 17.2 Å². The van der Waals surface area contributed by atoms with Crippen molar-refractivity contribution in [3.8, 4) is 34.1 Å². The molecule has 0 saturated heterocycles. The maximum absolute atomic E-state index is 13.0. The van der Waals surface area contributed by atoms with Gasteiger partial charge in [0.25, 0.3) is 0 Å². The van der Waals surface area contributed by atoms with Gasteiger partial charge in [0.05, 0.1) is 21.3 Å². The summed E-state index contributed by atoms with van der Waals surface area (Å²) in [5.41, 5.74) is -4.99. The Hall–Kier alpha value is -3.66. The highest BCUT2D eigenvalue weighted by atomic mass is 32.2. The van der Waals surface area contributed by atoms with Gasteiger partial charge in [0, 0.05) is 10.9 Å². The number of ether oxygens (including phenoxy) is 3. The van der Waals surface area contributed by atoms with Crippen LogP contribution >= 0.6 is 0 Å². The zero-order chi connectivity index (χ0) is 24.7. The largest absolute Gasteiger partial charge is 0.534 e. The number of halogens is 3. The van der Waals surface area contributed by atoms with Gasteiger partial charge in [-0.25, -0.2) is 0 Å². The minimum Gasteiger partial charge on any atom is -0.497 e. The van der Waals surface area contributed by atoms with Gasteiger partial charge in [-0.05, 0) is 58.1 Å². The molecule has 4 aromatic rings. The fraction of sp³-hybridized carbons (Fsp3) is 0.167. The number of rotatable bonds is 6. The van der Waals surface area contributed by atoms with Crippen molar-refractivity contribution in [1.82, 2.24) is 0 Å². The third-order valence-electron chi connectivity index (χ3n) is 5.36. The molecular formula is C24H19F3O6S. The molecule has 0 fully saturated rings. The van der Waals surface area contributed by atoms with Crippen LogP contribution < -0.4 is 18.4 Å². The Bertz CT molecular complexity index is 1500. The van der Waals surface area contributed by atoms with E-state index >= 15 is 0 Å². The Morgan fingerprint density at radius 3 is 1.97 bits per heavy atom. The second-order valence-corrected chi connectivity index (χ2v) is 8.75. The van der Waals surface area contributed by atoms with Crippen molar-refractivity contribution in [2.75, 3.05) is 21.3 Å². The first-order valence-corrected chi connectivity index (χ1v) is 11.3. The third-order valence-corrected chi connectivity index (χ3v) is 6.32. The number of benzene rings is 4. The van der Waals surface area contributed by atoms with Crippen LogP contribution in [0.1, 0.15) is 0 Å². The zero-order valence-corrected chi connectivity index (χ0v) is 19.1. The maximum atomic E-state index is 13.0. The second kappa shape index (κ2) is 8.60. The summed E-state index contributed by atoms with van der Waals surface area (Å²) >= 11 is 0. The van der Waals surface area contributed by atoms with Gasteiger partial charge in [0.1, 0.15) is 5.75 Å². The van der Waals surface area contributed by atoms with Crippen molar-refractivity contribution in [2.45, 2.75) is 5.51 Å². The molecule has 0 bridgehead atoms. The van der Waals surface area contributed by atoms with E-state index in [1.54, 1.807) is 30.3 Å². The first-order chi connectivity index (χ1) is 16.1. The van der Waals surface area contributed by atoms with Crippen molar-refractivity contribution in [1.29, 1.82) is 0 Å². The molecule has 0 aromatic heterocycles. The second-order valence-electron chi connectivity index (χ2n) is 7.21.